The maximum absolute atomic E-state index is 14.7. The summed E-state index contributed by atoms with van der Waals surface area (Å²) >= 11 is 5.98. The summed E-state index contributed by atoms with van der Waals surface area (Å²) < 4.78 is 22.5. The summed E-state index contributed by atoms with van der Waals surface area (Å²) in [7, 11) is 0. The van der Waals surface area contributed by atoms with E-state index in [1.54, 1.807) is 28.8 Å². The topological polar surface area (TPSA) is 88.8 Å². The Morgan fingerprint density at radius 2 is 1.92 bits per heavy atom. The molecule has 0 radical (unpaired) electrons. The highest BCUT2D eigenvalue weighted by Crippen LogP contribution is 2.36. The minimum Gasteiger partial charge on any atom is -0.491 e. The molecule has 1 fully saturated rings. The minimum atomic E-state index is -1.33. The molecule has 8 heteroatoms. The first kappa shape index (κ1) is 26.2. The van der Waals surface area contributed by atoms with Gasteiger partial charge in [-0.3, -0.25) is 4.79 Å². The zero-order valence-corrected chi connectivity index (χ0v) is 21.2. The van der Waals surface area contributed by atoms with Crippen molar-refractivity contribution >= 4 is 28.5 Å². The summed E-state index contributed by atoms with van der Waals surface area (Å²) in [4.78, 5) is 25.3. The zero-order valence-electron chi connectivity index (χ0n) is 20.5. The second kappa shape index (κ2) is 11.0. The van der Waals surface area contributed by atoms with Crippen molar-refractivity contribution in [3.8, 4) is 5.75 Å². The van der Waals surface area contributed by atoms with E-state index in [0.717, 1.165) is 32.1 Å². The fourth-order valence-corrected chi connectivity index (χ4v) is 5.42. The number of carboxylic acids is 1. The number of carbonyl (C=O) groups is 1. The summed E-state index contributed by atoms with van der Waals surface area (Å²) in [5.74, 6) is -1.26. The predicted octanol–water partition coefficient (Wildman–Crippen LogP) is 5.98. The largest absolute Gasteiger partial charge is 0.491 e. The lowest BCUT2D eigenvalue weighted by atomic mass is 9.83. The maximum atomic E-state index is 14.7. The maximum Gasteiger partial charge on any atom is 0.341 e. The van der Waals surface area contributed by atoms with Gasteiger partial charge in [0, 0.05) is 24.1 Å². The van der Waals surface area contributed by atoms with Gasteiger partial charge in [-0.05, 0) is 55.9 Å². The quantitative estimate of drug-likeness (QED) is 0.385. The van der Waals surface area contributed by atoms with Gasteiger partial charge >= 0.3 is 5.97 Å². The number of hydrogen-bond donors (Lipinski definition) is 2. The molecule has 0 amide bonds. The first-order valence-corrected chi connectivity index (χ1v) is 12.7. The molecular formula is C28H31ClFNO5. The van der Waals surface area contributed by atoms with Crippen LogP contribution in [0.25, 0.3) is 10.9 Å². The van der Waals surface area contributed by atoms with Crippen LogP contribution in [-0.2, 0) is 6.42 Å². The van der Waals surface area contributed by atoms with Crippen molar-refractivity contribution in [2.75, 3.05) is 6.61 Å². The molecule has 0 spiro atoms. The van der Waals surface area contributed by atoms with Crippen molar-refractivity contribution in [3.05, 3.63) is 74.3 Å². The standard InChI is InChI=1S/C28H31ClFNO5/c1-16(2)36-25-13-23-20(12-19(25)11-18-9-6-10-22(29)26(18)30)27(33)21(28(34)35)14-31(23)24(15-32)17-7-4-3-5-8-17/h6,9-10,12-14,16-17,24,32H,3-5,7-8,11,15H2,1-2H3,(H,34,35). The van der Waals surface area contributed by atoms with Gasteiger partial charge in [0.05, 0.1) is 29.3 Å². The van der Waals surface area contributed by atoms with Gasteiger partial charge in [-0.15, -0.1) is 0 Å². The van der Waals surface area contributed by atoms with E-state index >= 15 is 0 Å². The van der Waals surface area contributed by atoms with E-state index in [1.165, 1.54) is 12.3 Å². The van der Waals surface area contributed by atoms with Gasteiger partial charge in [0.25, 0.3) is 0 Å². The summed E-state index contributed by atoms with van der Waals surface area (Å²) in [6.45, 7) is 3.55. The van der Waals surface area contributed by atoms with E-state index in [9.17, 15) is 24.2 Å². The van der Waals surface area contributed by atoms with Crippen LogP contribution in [0.2, 0.25) is 5.02 Å². The number of aliphatic hydroxyl groups excluding tert-OH is 1. The molecular weight excluding hydrogens is 485 g/mol. The molecule has 0 bridgehead atoms. The molecule has 1 aliphatic carbocycles. The lowest BCUT2D eigenvalue weighted by Gasteiger charge is -2.32. The number of pyridine rings is 1. The molecule has 192 valence electrons. The van der Waals surface area contributed by atoms with Gasteiger partial charge in [-0.1, -0.05) is 43.0 Å². The molecule has 0 saturated heterocycles. The molecule has 1 atom stereocenters. The predicted molar refractivity (Wildman–Crippen MR) is 138 cm³/mol. The summed E-state index contributed by atoms with van der Waals surface area (Å²) in [5.41, 5.74) is 0.371. The van der Waals surface area contributed by atoms with E-state index in [1.807, 2.05) is 13.8 Å². The third-order valence-corrected chi connectivity index (χ3v) is 7.25. The molecule has 1 unspecified atom stereocenters. The highest BCUT2D eigenvalue weighted by Gasteiger charge is 2.28. The van der Waals surface area contributed by atoms with Crippen LogP contribution >= 0.6 is 11.6 Å². The number of benzene rings is 2. The molecule has 1 aromatic heterocycles. The van der Waals surface area contributed by atoms with Crippen LogP contribution in [0.15, 0.2) is 41.3 Å². The average Bonchev–Trinajstić information content (AvgIpc) is 2.84. The molecule has 2 aromatic carbocycles. The molecule has 3 aromatic rings. The fourth-order valence-electron chi connectivity index (χ4n) is 5.22. The molecule has 2 N–H and O–H groups in total. The number of aromatic carboxylic acids is 1. The molecule has 6 nitrogen and oxygen atoms in total. The van der Waals surface area contributed by atoms with Gasteiger partial charge < -0.3 is 19.5 Å². The summed E-state index contributed by atoms with van der Waals surface area (Å²) in [5, 5.41) is 20.4. The van der Waals surface area contributed by atoms with E-state index in [2.05, 4.69) is 0 Å². The number of ether oxygens (including phenoxy) is 1. The monoisotopic (exact) mass is 515 g/mol. The van der Waals surface area contributed by atoms with Crippen molar-refractivity contribution in [2.45, 2.75) is 64.5 Å². The van der Waals surface area contributed by atoms with Crippen molar-refractivity contribution in [1.82, 2.24) is 4.57 Å². The van der Waals surface area contributed by atoms with E-state index in [4.69, 9.17) is 16.3 Å². The zero-order chi connectivity index (χ0) is 26.0. The van der Waals surface area contributed by atoms with E-state index < -0.39 is 17.2 Å². The Morgan fingerprint density at radius 1 is 1.19 bits per heavy atom. The van der Waals surface area contributed by atoms with Gasteiger partial charge in [0.2, 0.25) is 5.43 Å². The molecule has 4 rings (SSSR count). The smallest absolute Gasteiger partial charge is 0.341 e. The fraction of sp³-hybridized carbons (Fsp3) is 0.429. The number of aromatic nitrogens is 1. The number of nitrogens with zero attached hydrogens (tertiary/aromatic N) is 1. The van der Waals surface area contributed by atoms with Crippen LogP contribution in [0.4, 0.5) is 4.39 Å². The molecule has 0 aliphatic heterocycles. The number of hydrogen-bond acceptors (Lipinski definition) is 4. The Hall–Kier alpha value is -2.90. The Kier molecular flexibility index (Phi) is 8.00. The van der Waals surface area contributed by atoms with E-state index in [-0.39, 0.29) is 47.1 Å². The molecule has 1 aliphatic rings. The minimum absolute atomic E-state index is 0.00611. The number of carboxylic acid groups (broad SMARTS) is 1. The Bertz CT molecular complexity index is 1330. The number of fused-ring (bicyclic) bond motifs is 1. The highest BCUT2D eigenvalue weighted by molar-refractivity contribution is 6.30. The normalized spacial score (nSPS) is 15.4. The first-order valence-electron chi connectivity index (χ1n) is 12.4. The van der Waals surface area contributed by atoms with Gasteiger partial charge in [0.1, 0.15) is 17.1 Å². The number of aliphatic hydroxyl groups is 1. The van der Waals surface area contributed by atoms with Crippen molar-refractivity contribution in [1.29, 1.82) is 0 Å². The van der Waals surface area contributed by atoms with Crippen LogP contribution in [0, 0.1) is 11.7 Å². The van der Waals surface area contributed by atoms with Gasteiger partial charge in [-0.25, -0.2) is 9.18 Å². The number of halogens is 2. The highest BCUT2D eigenvalue weighted by atomic mass is 35.5. The van der Waals surface area contributed by atoms with Crippen LogP contribution in [0.3, 0.4) is 0 Å². The van der Waals surface area contributed by atoms with Gasteiger partial charge in [0.15, 0.2) is 0 Å². The Labute approximate surface area is 214 Å². The first-order chi connectivity index (χ1) is 17.2. The summed E-state index contributed by atoms with van der Waals surface area (Å²) in [6.07, 6.45) is 6.31. The van der Waals surface area contributed by atoms with Gasteiger partial charge in [-0.2, -0.15) is 0 Å². The second-order valence-corrected chi connectivity index (χ2v) is 10.2. The second-order valence-electron chi connectivity index (χ2n) is 9.77. The van der Waals surface area contributed by atoms with Crippen molar-refractivity contribution < 1.29 is 24.1 Å². The lowest BCUT2D eigenvalue weighted by Crippen LogP contribution is -2.28. The average molecular weight is 516 g/mol. The van der Waals surface area contributed by atoms with Crippen molar-refractivity contribution in [3.63, 3.8) is 0 Å². The van der Waals surface area contributed by atoms with E-state index in [0.29, 0.717) is 22.4 Å². The van der Waals surface area contributed by atoms with Crippen LogP contribution in [0.1, 0.15) is 73.5 Å². The van der Waals surface area contributed by atoms with Crippen LogP contribution < -0.4 is 10.2 Å². The Balaban J connectivity index is 1.96. The molecule has 36 heavy (non-hydrogen) atoms. The third kappa shape index (κ3) is 5.27. The third-order valence-electron chi connectivity index (χ3n) is 6.96. The molecule has 1 saturated carbocycles. The SMILES string of the molecule is CC(C)Oc1cc2c(cc1Cc1cccc(Cl)c1F)c(=O)c(C(=O)O)cn2C(CO)C1CCCCC1. The molecule has 1 heterocycles. The number of rotatable bonds is 8. The van der Waals surface area contributed by atoms with Crippen LogP contribution in [0.5, 0.6) is 5.75 Å². The lowest BCUT2D eigenvalue weighted by molar-refractivity contribution is 0.0693. The van der Waals surface area contributed by atoms with Crippen LogP contribution in [-0.4, -0.2) is 33.5 Å². The summed E-state index contributed by atoms with van der Waals surface area (Å²) in [6, 6.07) is 7.65. The Morgan fingerprint density at radius 3 is 2.56 bits per heavy atom. The van der Waals surface area contributed by atoms with Crippen molar-refractivity contribution in [2.24, 2.45) is 5.92 Å².